The molecule has 0 aliphatic heterocycles. The fraction of sp³-hybridized carbons (Fsp3) is 0.250. The molecule has 80 valence electrons. The zero-order valence-electron chi connectivity index (χ0n) is 7.68. The third-order valence-corrected chi connectivity index (χ3v) is 4.14. The van der Waals surface area contributed by atoms with Crippen molar-refractivity contribution in [3.05, 3.63) is 31.9 Å². The molecule has 0 spiro atoms. The van der Waals surface area contributed by atoms with Crippen LogP contribution >= 0.6 is 38.8 Å². The van der Waals surface area contributed by atoms with Crippen LogP contribution in [0.3, 0.4) is 0 Å². The number of rotatable bonds is 4. The Balaban J connectivity index is 2.09. The molecule has 0 aromatic carbocycles. The van der Waals surface area contributed by atoms with Gasteiger partial charge in [-0.1, -0.05) is 4.49 Å². The van der Waals surface area contributed by atoms with Crippen LogP contribution in [-0.4, -0.2) is 9.59 Å². The molecule has 0 aliphatic carbocycles. The highest BCUT2D eigenvalue weighted by atomic mass is 79.9. The van der Waals surface area contributed by atoms with E-state index in [0.717, 1.165) is 15.9 Å². The summed E-state index contributed by atoms with van der Waals surface area (Å²) in [6, 6.07) is 4.15. The van der Waals surface area contributed by atoms with Gasteiger partial charge in [0.1, 0.15) is 0 Å². The average molecular weight is 305 g/mol. The van der Waals surface area contributed by atoms with Gasteiger partial charge in [0.25, 0.3) is 0 Å². The molecule has 0 amide bonds. The van der Waals surface area contributed by atoms with Gasteiger partial charge in [-0.05, 0) is 39.6 Å². The number of thiophene rings is 1. The Bertz CT molecular complexity index is 414. The standard InChI is InChI=1S/C8H9BrN4S2/c9-8-2-1-5(15-8)3-6(11-10)7-4-14-13-12-7/h1-2,4,6,11H,3,10H2. The van der Waals surface area contributed by atoms with E-state index in [2.05, 4.69) is 37.0 Å². The molecule has 2 heterocycles. The predicted molar refractivity (Wildman–Crippen MR) is 65.7 cm³/mol. The van der Waals surface area contributed by atoms with E-state index in [1.807, 2.05) is 11.4 Å². The number of nitrogens with one attached hydrogen (secondary N) is 1. The lowest BCUT2D eigenvalue weighted by atomic mass is 10.1. The number of hydrazine groups is 1. The van der Waals surface area contributed by atoms with Gasteiger partial charge in [-0.3, -0.25) is 11.3 Å². The lowest BCUT2D eigenvalue weighted by molar-refractivity contribution is 0.540. The summed E-state index contributed by atoms with van der Waals surface area (Å²) in [7, 11) is 0. The first kappa shape index (κ1) is 11.2. The number of nitrogens with zero attached hydrogens (tertiary/aromatic N) is 2. The van der Waals surface area contributed by atoms with Crippen LogP contribution < -0.4 is 11.3 Å². The van der Waals surface area contributed by atoms with Crippen molar-refractivity contribution < 1.29 is 0 Å². The van der Waals surface area contributed by atoms with E-state index >= 15 is 0 Å². The highest BCUT2D eigenvalue weighted by molar-refractivity contribution is 9.11. The van der Waals surface area contributed by atoms with Crippen molar-refractivity contribution >= 4 is 38.8 Å². The van der Waals surface area contributed by atoms with Gasteiger partial charge in [-0.25, -0.2) is 0 Å². The molecule has 7 heteroatoms. The second-order valence-corrected chi connectivity index (χ2v) is 6.12. The largest absolute Gasteiger partial charge is 0.271 e. The summed E-state index contributed by atoms with van der Waals surface area (Å²) in [5.74, 6) is 5.50. The fourth-order valence-corrected chi connectivity index (χ4v) is 3.27. The van der Waals surface area contributed by atoms with Crippen LogP contribution in [0.4, 0.5) is 0 Å². The van der Waals surface area contributed by atoms with E-state index in [9.17, 15) is 0 Å². The van der Waals surface area contributed by atoms with Gasteiger partial charge in [-0.2, -0.15) is 0 Å². The Morgan fingerprint density at radius 1 is 1.53 bits per heavy atom. The zero-order chi connectivity index (χ0) is 10.7. The summed E-state index contributed by atoms with van der Waals surface area (Å²) in [6.07, 6.45) is 0.832. The zero-order valence-corrected chi connectivity index (χ0v) is 10.9. The second kappa shape index (κ2) is 5.13. The molecule has 1 unspecified atom stereocenters. The summed E-state index contributed by atoms with van der Waals surface area (Å²) < 4.78 is 4.96. The van der Waals surface area contributed by atoms with Crippen molar-refractivity contribution in [2.24, 2.45) is 5.84 Å². The minimum absolute atomic E-state index is 0.0364. The first-order valence-corrected chi connectivity index (χ1v) is 6.71. The minimum atomic E-state index is 0.0364. The Kier molecular flexibility index (Phi) is 3.81. The summed E-state index contributed by atoms with van der Waals surface area (Å²) in [5.41, 5.74) is 3.65. The average Bonchev–Trinajstić information content (AvgIpc) is 2.85. The SMILES string of the molecule is NNC(Cc1ccc(Br)s1)c1csnn1. The van der Waals surface area contributed by atoms with E-state index in [1.165, 1.54) is 16.4 Å². The van der Waals surface area contributed by atoms with E-state index < -0.39 is 0 Å². The van der Waals surface area contributed by atoms with Crippen LogP contribution in [0.2, 0.25) is 0 Å². The van der Waals surface area contributed by atoms with Gasteiger partial charge in [0.2, 0.25) is 0 Å². The lowest BCUT2D eigenvalue weighted by Crippen LogP contribution is -2.29. The highest BCUT2D eigenvalue weighted by Crippen LogP contribution is 2.26. The maximum absolute atomic E-state index is 5.50. The van der Waals surface area contributed by atoms with E-state index in [1.54, 1.807) is 11.3 Å². The summed E-state index contributed by atoms with van der Waals surface area (Å²) in [4.78, 5) is 1.26. The first-order valence-electron chi connectivity index (χ1n) is 4.27. The third-order valence-electron chi connectivity index (χ3n) is 1.97. The molecular weight excluding hydrogens is 296 g/mol. The predicted octanol–water partition coefficient (Wildman–Crippen LogP) is 2.11. The van der Waals surface area contributed by atoms with Crippen molar-refractivity contribution in [3.8, 4) is 0 Å². The maximum atomic E-state index is 5.50. The third kappa shape index (κ3) is 2.82. The quantitative estimate of drug-likeness (QED) is 0.671. The van der Waals surface area contributed by atoms with E-state index in [4.69, 9.17) is 5.84 Å². The van der Waals surface area contributed by atoms with Gasteiger partial charge < -0.3 is 0 Å². The van der Waals surface area contributed by atoms with Crippen molar-refractivity contribution in [3.63, 3.8) is 0 Å². The number of halogens is 1. The molecule has 0 saturated carbocycles. The molecule has 0 fully saturated rings. The Hall–Kier alpha value is -0.340. The smallest absolute Gasteiger partial charge is 0.0941 e. The highest BCUT2D eigenvalue weighted by Gasteiger charge is 2.14. The van der Waals surface area contributed by atoms with Gasteiger partial charge >= 0.3 is 0 Å². The van der Waals surface area contributed by atoms with Crippen LogP contribution in [0.5, 0.6) is 0 Å². The van der Waals surface area contributed by atoms with Crippen LogP contribution in [0.1, 0.15) is 16.6 Å². The molecular formula is C8H9BrN4S2. The van der Waals surface area contributed by atoms with Gasteiger partial charge in [0, 0.05) is 16.7 Å². The molecule has 15 heavy (non-hydrogen) atoms. The second-order valence-electron chi connectivity index (χ2n) is 2.96. The molecule has 0 bridgehead atoms. The normalized spacial score (nSPS) is 12.9. The molecule has 0 aliphatic rings. The molecule has 2 aromatic rings. The lowest BCUT2D eigenvalue weighted by Gasteiger charge is -2.10. The Morgan fingerprint density at radius 2 is 2.40 bits per heavy atom. The molecule has 4 nitrogen and oxygen atoms in total. The molecule has 2 rings (SSSR count). The minimum Gasteiger partial charge on any atom is -0.271 e. The summed E-state index contributed by atoms with van der Waals surface area (Å²) >= 11 is 6.48. The fourth-order valence-electron chi connectivity index (χ4n) is 1.24. The van der Waals surface area contributed by atoms with Gasteiger partial charge in [0.05, 0.1) is 15.5 Å². The van der Waals surface area contributed by atoms with Crippen LogP contribution in [0.25, 0.3) is 0 Å². The molecule has 1 atom stereocenters. The Morgan fingerprint density at radius 3 is 2.93 bits per heavy atom. The number of aromatic nitrogens is 2. The van der Waals surface area contributed by atoms with Crippen molar-refractivity contribution in [1.82, 2.24) is 15.0 Å². The van der Waals surface area contributed by atoms with Crippen LogP contribution in [0, 0.1) is 0 Å². The topological polar surface area (TPSA) is 63.8 Å². The number of nitrogens with two attached hydrogens (primary N) is 1. The van der Waals surface area contributed by atoms with Crippen molar-refractivity contribution in [2.75, 3.05) is 0 Å². The van der Waals surface area contributed by atoms with E-state index in [-0.39, 0.29) is 6.04 Å². The molecule has 0 radical (unpaired) electrons. The number of hydrogen-bond acceptors (Lipinski definition) is 6. The van der Waals surface area contributed by atoms with Crippen LogP contribution in [0.15, 0.2) is 21.3 Å². The maximum Gasteiger partial charge on any atom is 0.0941 e. The Labute approximate surface area is 104 Å². The molecule has 0 saturated heterocycles. The molecule has 2 aromatic heterocycles. The van der Waals surface area contributed by atoms with Gasteiger partial charge in [-0.15, -0.1) is 16.4 Å². The van der Waals surface area contributed by atoms with E-state index in [0.29, 0.717) is 0 Å². The number of hydrogen-bond donors (Lipinski definition) is 2. The van der Waals surface area contributed by atoms with Gasteiger partial charge in [0.15, 0.2) is 0 Å². The molecule has 3 N–H and O–H groups in total. The van der Waals surface area contributed by atoms with Crippen LogP contribution in [-0.2, 0) is 6.42 Å². The summed E-state index contributed by atoms with van der Waals surface area (Å²) in [5, 5.41) is 5.92. The van der Waals surface area contributed by atoms with Crippen molar-refractivity contribution in [2.45, 2.75) is 12.5 Å². The monoisotopic (exact) mass is 304 g/mol. The first-order chi connectivity index (χ1) is 7.29. The van der Waals surface area contributed by atoms with Crippen molar-refractivity contribution in [1.29, 1.82) is 0 Å². The summed E-state index contributed by atoms with van der Waals surface area (Å²) in [6.45, 7) is 0.